The summed E-state index contributed by atoms with van der Waals surface area (Å²) < 4.78 is 0. The molecular formula is C15H17NO. The van der Waals surface area contributed by atoms with Crippen molar-refractivity contribution >= 4 is 5.69 Å². The minimum atomic E-state index is -0.330. The fourth-order valence-electron chi connectivity index (χ4n) is 1.68. The van der Waals surface area contributed by atoms with E-state index in [1.165, 1.54) is 11.1 Å². The van der Waals surface area contributed by atoms with E-state index < -0.39 is 0 Å². The largest absolute Gasteiger partial charge is 0.392 e. The molecule has 2 aromatic carbocycles. The Kier molecular flexibility index (Phi) is 3.78. The van der Waals surface area contributed by atoms with E-state index in [4.69, 9.17) is 0 Å². The molecular weight excluding hydrogens is 210 g/mol. The highest BCUT2D eigenvalue weighted by Gasteiger charge is 1.98. The van der Waals surface area contributed by atoms with Crippen LogP contribution in [0, 0.1) is 0 Å². The van der Waals surface area contributed by atoms with E-state index in [1.54, 1.807) is 6.92 Å². The second-order valence-electron chi connectivity index (χ2n) is 4.17. The molecule has 0 saturated carbocycles. The molecule has 2 nitrogen and oxygen atoms in total. The van der Waals surface area contributed by atoms with Gasteiger partial charge in [0.2, 0.25) is 0 Å². The van der Waals surface area contributed by atoms with Crippen LogP contribution >= 0.6 is 0 Å². The minimum Gasteiger partial charge on any atom is -0.392 e. The molecule has 88 valence electrons. The fourth-order valence-corrected chi connectivity index (χ4v) is 1.68. The summed E-state index contributed by atoms with van der Waals surface area (Å²) in [5.74, 6) is 0. The molecule has 0 fully saturated rings. The van der Waals surface area contributed by atoms with E-state index in [2.05, 4.69) is 29.6 Å². The first-order chi connectivity index (χ1) is 8.25. The first kappa shape index (κ1) is 11.7. The van der Waals surface area contributed by atoms with E-state index in [0.29, 0.717) is 6.54 Å². The summed E-state index contributed by atoms with van der Waals surface area (Å²) in [4.78, 5) is 0. The number of nitrogens with one attached hydrogen (secondary N) is 1. The van der Waals surface area contributed by atoms with Crippen LogP contribution in [0.25, 0.3) is 11.1 Å². The van der Waals surface area contributed by atoms with E-state index in [1.807, 2.05) is 30.3 Å². The Labute approximate surface area is 102 Å². The Bertz CT molecular complexity index is 448. The lowest BCUT2D eigenvalue weighted by molar-refractivity contribution is 0.208. The van der Waals surface area contributed by atoms with Gasteiger partial charge in [-0.25, -0.2) is 0 Å². The predicted molar refractivity (Wildman–Crippen MR) is 72.0 cm³/mol. The standard InChI is InChI=1S/C15H17NO/c1-12(17)11-16-15-9-7-14(8-10-15)13-5-3-2-4-6-13/h2-10,12,16-17H,11H2,1H3. The average molecular weight is 227 g/mol. The van der Waals surface area contributed by atoms with Gasteiger partial charge in [-0.1, -0.05) is 42.5 Å². The molecule has 1 atom stereocenters. The van der Waals surface area contributed by atoms with Crippen molar-refractivity contribution in [1.29, 1.82) is 0 Å². The Balaban J connectivity index is 2.08. The SMILES string of the molecule is CC(O)CNc1ccc(-c2ccccc2)cc1. The van der Waals surface area contributed by atoms with Gasteiger partial charge in [-0.3, -0.25) is 0 Å². The molecule has 0 heterocycles. The van der Waals surface area contributed by atoms with Gasteiger partial charge >= 0.3 is 0 Å². The van der Waals surface area contributed by atoms with Crippen LogP contribution < -0.4 is 5.32 Å². The molecule has 2 N–H and O–H groups in total. The van der Waals surface area contributed by atoms with Crippen LogP contribution in [-0.4, -0.2) is 17.8 Å². The van der Waals surface area contributed by atoms with Crippen molar-refractivity contribution in [3.8, 4) is 11.1 Å². The zero-order valence-corrected chi connectivity index (χ0v) is 9.93. The number of benzene rings is 2. The molecule has 0 amide bonds. The molecule has 0 aromatic heterocycles. The first-order valence-electron chi connectivity index (χ1n) is 5.83. The normalized spacial score (nSPS) is 12.1. The van der Waals surface area contributed by atoms with Gasteiger partial charge in [0.15, 0.2) is 0 Å². The number of anilines is 1. The molecule has 2 aromatic rings. The lowest BCUT2D eigenvalue weighted by Gasteiger charge is -2.09. The molecule has 2 rings (SSSR count). The summed E-state index contributed by atoms with van der Waals surface area (Å²) in [6.45, 7) is 2.34. The fraction of sp³-hybridized carbons (Fsp3) is 0.200. The van der Waals surface area contributed by atoms with Crippen LogP contribution in [0.5, 0.6) is 0 Å². The smallest absolute Gasteiger partial charge is 0.0684 e. The van der Waals surface area contributed by atoms with E-state index in [-0.39, 0.29) is 6.10 Å². The summed E-state index contributed by atoms with van der Waals surface area (Å²) in [7, 11) is 0. The molecule has 0 aliphatic carbocycles. The molecule has 0 spiro atoms. The van der Waals surface area contributed by atoms with Crippen LogP contribution in [0.1, 0.15) is 6.92 Å². The van der Waals surface area contributed by atoms with Crippen molar-refractivity contribution in [3.63, 3.8) is 0 Å². The number of aliphatic hydroxyl groups is 1. The number of aliphatic hydroxyl groups excluding tert-OH is 1. The zero-order chi connectivity index (χ0) is 12.1. The molecule has 0 bridgehead atoms. The Morgan fingerprint density at radius 2 is 1.53 bits per heavy atom. The summed E-state index contributed by atoms with van der Waals surface area (Å²) in [5.41, 5.74) is 3.45. The topological polar surface area (TPSA) is 32.3 Å². The Morgan fingerprint density at radius 1 is 0.941 bits per heavy atom. The van der Waals surface area contributed by atoms with Crippen molar-refractivity contribution in [2.24, 2.45) is 0 Å². The Hall–Kier alpha value is -1.80. The van der Waals surface area contributed by atoms with Crippen LogP contribution in [0.3, 0.4) is 0 Å². The van der Waals surface area contributed by atoms with Crippen molar-refractivity contribution in [3.05, 3.63) is 54.6 Å². The Morgan fingerprint density at radius 3 is 2.12 bits per heavy atom. The van der Waals surface area contributed by atoms with Crippen molar-refractivity contribution < 1.29 is 5.11 Å². The van der Waals surface area contributed by atoms with Crippen LogP contribution in [0.2, 0.25) is 0 Å². The maximum Gasteiger partial charge on any atom is 0.0684 e. The van der Waals surface area contributed by atoms with Gasteiger partial charge in [-0.2, -0.15) is 0 Å². The average Bonchev–Trinajstić information content (AvgIpc) is 2.38. The summed E-state index contributed by atoms with van der Waals surface area (Å²) in [5, 5.41) is 12.4. The van der Waals surface area contributed by atoms with Crippen molar-refractivity contribution in [2.75, 3.05) is 11.9 Å². The van der Waals surface area contributed by atoms with Crippen LogP contribution in [0.15, 0.2) is 54.6 Å². The van der Waals surface area contributed by atoms with Gasteiger partial charge in [0.05, 0.1) is 6.10 Å². The second kappa shape index (κ2) is 5.51. The molecule has 2 heteroatoms. The first-order valence-corrected chi connectivity index (χ1v) is 5.83. The lowest BCUT2D eigenvalue weighted by Crippen LogP contribution is -2.15. The van der Waals surface area contributed by atoms with E-state index in [0.717, 1.165) is 5.69 Å². The third kappa shape index (κ3) is 3.33. The molecule has 0 aliphatic rings. The monoisotopic (exact) mass is 227 g/mol. The predicted octanol–water partition coefficient (Wildman–Crippen LogP) is 3.15. The van der Waals surface area contributed by atoms with E-state index >= 15 is 0 Å². The summed E-state index contributed by atoms with van der Waals surface area (Å²) >= 11 is 0. The van der Waals surface area contributed by atoms with Gasteiger partial charge in [0.1, 0.15) is 0 Å². The highest BCUT2D eigenvalue weighted by Crippen LogP contribution is 2.20. The highest BCUT2D eigenvalue weighted by atomic mass is 16.3. The summed E-state index contributed by atoms with van der Waals surface area (Å²) in [6, 6.07) is 18.5. The van der Waals surface area contributed by atoms with Gasteiger partial charge < -0.3 is 10.4 Å². The third-order valence-corrected chi connectivity index (χ3v) is 2.59. The quantitative estimate of drug-likeness (QED) is 0.841. The zero-order valence-electron chi connectivity index (χ0n) is 9.93. The number of hydrogen-bond acceptors (Lipinski definition) is 2. The lowest BCUT2D eigenvalue weighted by atomic mass is 10.1. The van der Waals surface area contributed by atoms with Gasteiger partial charge in [-0.15, -0.1) is 0 Å². The van der Waals surface area contributed by atoms with Crippen LogP contribution in [-0.2, 0) is 0 Å². The molecule has 0 aliphatic heterocycles. The van der Waals surface area contributed by atoms with Gasteiger partial charge in [0.25, 0.3) is 0 Å². The highest BCUT2D eigenvalue weighted by molar-refractivity contribution is 5.65. The van der Waals surface area contributed by atoms with Crippen molar-refractivity contribution in [2.45, 2.75) is 13.0 Å². The molecule has 17 heavy (non-hydrogen) atoms. The van der Waals surface area contributed by atoms with E-state index in [9.17, 15) is 5.11 Å². The minimum absolute atomic E-state index is 0.330. The number of rotatable bonds is 4. The molecule has 0 radical (unpaired) electrons. The summed E-state index contributed by atoms with van der Waals surface area (Å²) in [6.07, 6.45) is -0.330. The molecule has 0 saturated heterocycles. The number of hydrogen-bond donors (Lipinski definition) is 2. The second-order valence-corrected chi connectivity index (χ2v) is 4.17. The van der Waals surface area contributed by atoms with Crippen LogP contribution in [0.4, 0.5) is 5.69 Å². The molecule has 1 unspecified atom stereocenters. The van der Waals surface area contributed by atoms with Gasteiger partial charge in [-0.05, 0) is 30.2 Å². The third-order valence-electron chi connectivity index (χ3n) is 2.59. The maximum absolute atomic E-state index is 9.18. The van der Waals surface area contributed by atoms with Gasteiger partial charge in [0, 0.05) is 12.2 Å². The van der Waals surface area contributed by atoms with Crippen molar-refractivity contribution in [1.82, 2.24) is 0 Å². The maximum atomic E-state index is 9.18.